The van der Waals surface area contributed by atoms with Crippen molar-refractivity contribution in [1.82, 2.24) is 9.55 Å². The van der Waals surface area contributed by atoms with Crippen molar-refractivity contribution in [2.45, 2.75) is 32.2 Å². The maximum atomic E-state index is 13.8. The minimum absolute atomic E-state index is 0.0144. The summed E-state index contributed by atoms with van der Waals surface area (Å²) < 4.78 is 18.1. The number of nitrogens with zero attached hydrogens (tertiary/aromatic N) is 2. The first-order valence-corrected chi connectivity index (χ1v) is 11.6. The lowest BCUT2D eigenvalue weighted by atomic mass is 9.86. The number of pyridine rings is 2. The molecule has 0 saturated heterocycles. The van der Waals surface area contributed by atoms with E-state index < -0.39 is 11.9 Å². The predicted molar refractivity (Wildman–Crippen MR) is 134 cm³/mol. The van der Waals surface area contributed by atoms with Crippen LogP contribution in [0.25, 0.3) is 10.9 Å². The van der Waals surface area contributed by atoms with Crippen LogP contribution in [0.4, 0.5) is 0 Å². The van der Waals surface area contributed by atoms with Crippen LogP contribution in [0.3, 0.4) is 0 Å². The molecule has 1 aliphatic heterocycles. The van der Waals surface area contributed by atoms with Crippen LogP contribution in [0.2, 0.25) is 0 Å². The molecular formula is C28H26N2O6. The van der Waals surface area contributed by atoms with Crippen molar-refractivity contribution in [2.75, 3.05) is 14.2 Å². The zero-order valence-electron chi connectivity index (χ0n) is 20.3. The number of aromatic hydroxyl groups is 1. The van der Waals surface area contributed by atoms with Crippen LogP contribution in [0.15, 0.2) is 59.4 Å². The number of esters is 1. The Morgan fingerprint density at radius 3 is 2.61 bits per heavy atom. The molecule has 1 aliphatic rings. The Kier molecular flexibility index (Phi) is 6.10. The molecule has 0 radical (unpaired) electrons. The SMILES string of the molecule is COC(=O)CC1c2cc3ccc(OC)cc3nc2Oc2cc(C)n(CCc3ccc(O)cc3)c(=O)c21. The highest BCUT2D eigenvalue weighted by atomic mass is 16.5. The summed E-state index contributed by atoms with van der Waals surface area (Å²) in [5.74, 6) is 0.631. The number of aryl methyl sites for hydroxylation is 2. The first kappa shape index (κ1) is 23.4. The Balaban J connectivity index is 1.60. The summed E-state index contributed by atoms with van der Waals surface area (Å²) in [4.78, 5) is 30.9. The van der Waals surface area contributed by atoms with Crippen LogP contribution in [0.1, 0.15) is 34.7 Å². The van der Waals surface area contributed by atoms with Gasteiger partial charge in [0.05, 0.1) is 31.7 Å². The average molecular weight is 487 g/mol. The summed E-state index contributed by atoms with van der Waals surface area (Å²) in [5.41, 5.74) is 3.29. The van der Waals surface area contributed by atoms with E-state index in [1.54, 1.807) is 23.8 Å². The van der Waals surface area contributed by atoms with Crippen molar-refractivity contribution in [1.29, 1.82) is 0 Å². The van der Waals surface area contributed by atoms with E-state index in [-0.39, 0.29) is 17.7 Å². The number of hydrogen-bond donors (Lipinski definition) is 1. The minimum Gasteiger partial charge on any atom is -0.508 e. The normalized spacial score (nSPS) is 14.0. The molecule has 1 unspecified atom stereocenters. The molecule has 2 aromatic heterocycles. The molecule has 36 heavy (non-hydrogen) atoms. The molecule has 0 saturated carbocycles. The number of hydrogen-bond acceptors (Lipinski definition) is 7. The number of fused-ring (bicyclic) bond motifs is 3. The quantitative estimate of drug-likeness (QED) is 0.402. The van der Waals surface area contributed by atoms with Crippen LogP contribution >= 0.6 is 0 Å². The monoisotopic (exact) mass is 486 g/mol. The Bertz CT molecular complexity index is 1520. The zero-order valence-corrected chi connectivity index (χ0v) is 20.3. The average Bonchev–Trinajstić information content (AvgIpc) is 2.87. The van der Waals surface area contributed by atoms with Gasteiger partial charge in [-0.2, -0.15) is 0 Å². The Hall–Kier alpha value is -4.33. The van der Waals surface area contributed by atoms with Gasteiger partial charge in [-0.25, -0.2) is 4.98 Å². The molecule has 0 fully saturated rings. The van der Waals surface area contributed by atoms with Gasteiger partial charge in [-0.15, -0.1) is 0 Å². The fourth-order valence-electron chi connectivity index (χ4n) is 4.67. The second-order valence-corrected chi connectivity index (χ2v) is 8.81. The van der Waals surface area contributed by atoms with Gasteiger partial charge in [-0.05, 0) is 49.2 Å². The van der Waals surface area contributed by atoms with Gasteiger partial charge in [0, 0.05) is 41.2 Å². The molecule has 4 aromatic rings. The minimum atomic E-state index is -0.566. The highest BCUT2D eigenvalue weighted by Gasteiger charge is 2.34. The predicted octanol–water partition coefficient (Wildman–Crippen LogP) is 4.46. The maximum absolute atomic E-state index is 13.8. The largest absolute Gasteiger partial charge is 0.508 e. The summed E-state index contributed by atoms with van der Waals surface area (Å²) in [7, 11) is 2.92. The van der Waals surface area contributed by atoms with Gasteiger partial charge in [0.1, 0.15) is 17.2 Å². The van der Waals surface area contributed by atoms with E-state index >= 15 is 0 Å². The smallest absolute Gasteiger partial charge is 0.306 e. The number of carbonyl (C=O) groups is 1. The number of aromatic nitrogens is 2. The third-order valence-electron chi connectivity index (χ3n) is 6.61. The molecule has 0 amide bonds. The molecule has 0 spiro atoms. The molecule has 1 atom stereocenters. The van der Waals surface area contributed by atoms with Crippen molar-refractivity contribution in [3.05, 3.63) is 87.3 Å². The summed E-state index contributed by atoms with van der Waals surface area (Å²) in [6, 6.07) is 16.2. The Labute approximate surface area is 207 Å². The van der Waals surface area contributed by atoms with Gasteiger partial charge >= 0.3 is 5.97 Å². The van der Waals surface area contributed by atoms with Gasteiger partial charge < -0.3 is 23.9 Å². The number of methoxy groups -OCH3 is 2. The number of carbonyl (C=O) groups excluding carboxylic acids is 1. The van der Waals surface area contributed by atoms with E-state index in [0.717, 1.165) is 16.6 Å². The molecule has 3 heterocycles. The third kappa shape index (κ3) is 4.26. The van der Waals surface area contributed by atoms with E-state index in [1.165, 1.54) is 7.11 Å². The van der Waals surface area contributed by atoms with Crippen LogP contribution in [0, 0.1) is 6.92 Å². The highest BCUT2D eigenvalue weighted by Crippen LogP contribution is 2.45. The summed E-state index contributed by atoms with van der Waals surface area (Å²) in [5, 5.41) is 10.4. The first-order valence-electron chi connectivity index (χ1n) is 11.6. The van der Waals surface area contributed by atoms with Gasteiger partial charge in [0.15, 0.2) is 0 Å². The number of phenols is 1. The van der Waals surface area contributed by atoms with E-state index in [2.05, 4.69) is 4.98 Å². The van der Waals surface area contributed by atoms with Crippen molar-refractivity contribution in [3.63, 3.8) is 0 Å². The van der Waals surface area contributed by atoms with E-state index in [0.29, 0.717) is 47.0 Å². The fourth-order valence-corrected chi connectivity index (χ4v) is 4.67. The topological polar surface area (TPSA) is 99.9 Å². The molecule has 8 heteroatoms. The van der Waals surface area contributed by atoms with Crippen molar-refractivity contribution in [2.24, 2.45) is 0 Å². The molecule has 1 N–H and O–H groups in total. The van der Waals surface area contributed by atoms with E-state index in [9.17, 15) is 14.7 Å². The lowest BCUT2D eigenvalue weighted by Crippen LogP contribution is -2.31. The van der Waals surface area contributed by atoms with Gasteiger partial charge in [-0.3, -0.25) is 9.59 Å². The first-order chi connectivity index (χ1) is 17.4. The second-order valence-electron chi connectivity index (χ2n) is 8.81. The summed E-state index contributed by atoms with van der Waals surface area (Å²) in [6.07, 6.45) is 0.590. The standard InChI is InChI=1S/C28H26N2O6/c1-16-12-24-26(28(33)30(16)11-10-17-4-7-19(31)8-5-17)21(15-25(32)35-3)22-13-18-6-9-20(34-2)14-23(18)29-27(22)36-24/h4-9,12-14,21,31H,10-11,15H2,1-3H3. The van der Waals surface area contributed by atoms with Gasteiger partial charge in [0.25, 0.3) is 5.56 Å². The molecule has 8 nitrogen and oxygen atoms in total. The van der Waals surface area contributed by atoms with Crippen molar-refractivity contribution >= 4 is 16.9 Å². The van der Waals surface area contributed by atoms with Crippen LogP contribution in [-0.2, 0) is 22.5 Å². The number of ether oxygens (including phenoxy) is 3. The van der Waals surface area contributed by atoms with Crippen LogP contribution in [-0.4, -0.2) is 34.8 Å². The molecule has 0 bridgehead atoms. The summed E-state index contributed by atoms with van der Waals surface area (Å²) >= 11 is 0. The lowest BCUT2D eigenvalue weighted by molar-refractivity contribution is -0.140. The molecule has 0 aliphatic carbocycles. The number of phenolic OH excluding ortho intramolecular Hbond substituents is 1. The van der Waals surface area contributed by atoms with Gasteiger partial charge in [0.2, 0.25) is 5.88 Å². The molecule has 2 aromatic carbocycles. The van der Waals surface area contributed by atoms with Crippen LogP contribution in [0.5, 0.6) is 23.1 Å². The number of benzene rings is 2. The third-order valence-corrected chi connectivity index (χ3v) is 6.61. The zero-order chi connectivity index (χ0) is 25.4. The Morgan fingerprint density at radius 2 is 1.89 bits per heavy atom. The molecular weight excluding hydrogens is 460 g/mol. The maximum Gasteiger partial charge on any atom is 0.306 e. The molecule has 5 rings (SSSR count). The van der Waals surface area contributed by atoms with E-state index in [4.69, 9.17) is 14.2 Å². The fraction of sp³-hybridized carbons (Fsp3) is 0.250. The lowest BCUT2D eigenvalue weighted by Gasteiger charge is -2.28. The number of rotatable bonds is 6. The van der Waals surface area contributed by atoms with Crippen molar-refractivity contribution < 1.29 is 24.1 Å². The van der Waals surface area contributed by atoms with E-state index in [1.807, 2.05) is 49.4 Å². The second kappa shape index (κ2) is 9.37. The Morgan fingerprint density at radius 1 is 1.11 bits per heavy atom. The highest BCUT2D eigenvalue weighted by molar-refractivity contribution is 5.83. The van der Waals surface area contributed by atoms with Crippen LogP contribution < -0.4 is 15.0 Å². The van der Waals surface area contributed by atoms with Gasteiger partial charge in [-0.1, -0.05) is 12.1 Å². The molecule has 184 valence electrons. The van der Waals surface area contributed by atoms with Crippen molar-refractivity contribution in [3.8, 4) is 23.1 Å². The summed E-state index contributed by atoms with van der Waals surface area (Å²) in [6.45, 7) is 2.29.